The maximum atomic E-state index is 12.4. The molecule has 0 saturated carbocycles. The van der Waals surface area contributed by atoms with Gasteiger partial charge >= 0.3 is 0 Å². The fraction of sp³-hybridized carbons (Fsp3) is 0.879. The molecule has 0 heterocycles. The minimum absolute atomic E-state index is 0.0752. The zero-order chi connectivity index (χ0) is 36.1. The quantitative estimate of drug-likeness (QED) is 0.0263. The van der Waals surface area contributed by atoms with Gasteiger partial charge in [0.2, 0.25) is 11.8 Å². The van der Waals surface area contributed by atoms with Crippen molar-refractivity contribution in [3.63, 3.8) is 0 Å². The summed E-state index contributed by atoms with van der Waals surface area (Å²) in [5.74, 6) is 0.124. The Hall–Kier alpha value is -2.40. The predicted molar refractivity (Wildman–Crippen MR) is 186 cm³/mol. The number of hydrogen-bond donors (Lipinski definition) is 6. The molecule has 0 fully saturated rings. The third-order valence-electron chi connectivity index (χ3n) is 8.15. The molecule has 15 heteroatoms. The second-order valence-electron chi connectivity index (χ2n) is 12.7. The van der Waals surface area contributed by atoms with E-state index in [-0.39, 0.29) is 24.7 Å². The number of carbonyl (C=O) groups excluding carboxylic acids is 2. The van der Waals surface area contributed by atoms with E-state index in [0.29, 0.717) is 96.3 Å². The predicted octanol–water partition coefficient (Wildman–Crippen LogP) is 2.33. The topological polar surface area (TPSA) is 194 Å². The summed E-state index contributed by atoms with van der Waals surface area (Å²) in [6.07, 6.45) is 3.54. The smallest absolute Gasteiger partial charge is 0.220 e. The van der Waals surface area contributed by atoms with Crippen molar-refractivity contribution < 1.29 is 43.7 Å². The minimum atomic E-state index is -0.437. The summed E-state index contributed by atoms with van der Waals surface area (Å²) in [6, 6.07) is 0. The highest BCUT2D eigenvalue weighted by atomic mass is 16.6. The molecule has 0 bridgehead atoms. The van der Waals surface area contributed by atoms with Gasteiger partial charge in [-0.15, -0.1) is 0 Å². The van der Waals surface area contributed by atoms with Crippen molar-refractivity contribution in [3.05, 3.63) is 0 Å². The first kappa shape index (κ1) is 45.6. The number of ether oxygens (including phenoxy) is 5. The Kier molecular flexibility index (Phi) is 27.0. The molecule has 0 saturated heterocycles. The molecule has 48 heavy (non-hydrogen) atoms. The van der Waals surface area contributed by atoms with E-state index in [1.807, 2.05) is 27.7 Å². The molecule has 0 aliphatic carbocycles. The zero-order valence-electron chi connectivity index (χ0n) is 30.7. The Bertz CT molecular complexity index is 867. The number of nitrogens with one attached hydrogen (secondary N) is 4. The molecule has 0 aromatic heterocycles. The van der Waals surface area contributed by atoms with Crippen LogP contribution in [0, 0.1) is 5.92 Å². The summed E-state index contributed by atoms with van der Waals surface area (Å²) in [5, 5.41) is 37.7. The third-order valence-corrected chi connectivity index (χ3v) is 8.15. The first-order valence-electron chi connectivity index (χ1n) is 17.1. The lowest BCUT2D eigenvalue weighted by Gasteiger charge is -2.28. The molecule has 0 atom stereocenters. The monoisotopic (exact) mass is 690 g/mol. The lowest BCUT2D eigenvalue weighted by Crippen LogP contribution is -2.47. The molecule has 6 N–H and O–H groups in total. The molecule has 0 aromatic rings. The Balaban J connectivity index is 4.15. The van der Waals surface area contributed by atoms with Crippen molar-refractivity contribution in [1.82, 2.24) is 21.3 Å². The van der Waals surface area contributed by atoms with Crippen LogP contribution in [0.5, 0.6) is 0 Å². The standard InChI is InChI=1S/C33H66N6O9/c1-27(38-42)32(3,4)36-15-12-29(13-16-37-33(5,6)28(2)39-43)11-14-34-30(40)9-8-10-31(41)35-17-18-45-21-22-47-25-26-48-24-23-46-20-19-44-7/h29,36-37,42-43H,8-26H2,1-7H3,(H,34,40)(H,35,41)/b38-27-,39-28-. The Morgan fingerprint density at radius 1 is 0.604 bits per heavy atom. The number of rotatable bonds is 32. The highest BCUT2D eigenvalue weighted by Gasteiger charge is 2.23. The van der Waals surface area contributed by atoms with Gasteiger partial charge < -0.3 is 55.4 Å². The lowest BCUT2D eigenvalue weighted by atomic mass is 9.94. The fourth-order valence-electron chi connectivity index (χ4n) is 4.29. The number of amides is 2. The Labute approximate surface area is 288 Å². The molecular weight excluding hydrogens is 624 g/mol. The molecule has 0 rings (SSSR count). The summed E-state index contributed by atoms with van der Waals surface area (Å²) < 4.78 is 26.5. The van der Waals surface area contributed by atoms with E-state index in [1.165, 1.54) is 0 Å². The fourth-order valence-corrected chi connectivity index (χ4v) is 4.29. The summed E-state index contributed by atoms with van der Waals surface area (Å²) in [6.45, 7) is 18.2. The van der Waals surface area contributed by atoms with Crippen LogP contribution in [-0.2, 0) is 33.3 Å². The van der Waals surface area contributed by atoms with E-state index in [2.05, 4.69) is 31.6 Å². The molecule has 0 spiro atoms. The van der Waals surface area contributed by atoms with E-state index in [0.717, 1.165) is 32.4 Å². The van der Waals surface area contributed by atoms with Gasteiger partial charge in [0.1, 0.15) is 0 Å². The first-order chi connectivity index (χ1) is 22.9. The van der Waals surface area contributed by atoms with Crippen LogP contribution in [0.15, 0.2) is 10.3 Å². The van der Waals surface area contributed by atoms with Crippen molar-refractivity contribution in [2.45, 2.75) is 91.1 Å². The third kappa shape index (κ3) is 24.7. The minimum Gasteiger partial charge on any atom is -0.411 e. The molecule has 0 unspecified atom stereocenters. The molecule has 0 radical (unpaired) electrons. The number of carbonyl (C=O) groups is 2. The van der Waals surface area contributed by atoms with Gasteiger partial charge in [0.25, 0.3) is 0 Å². The van der Waals surface area contributed by atoms with Crippen LogP contribution in [0.3, 0.4) is 0 Å². The Morgan fingerprint density at radius 3 is 1.40 bits per heavy atom. The maximum Gasteiger partial charge on any atom is 0.220 e. The normalized spacial score (nSPS) is 12.9. The van der Waals surface area contributed by atoms with Crippen LogP contribution in [0.1, 0.15) is 80.1 Å². The van der Waals surface area contributed by atoms with Crippen molar-refractivity contribution in [1.29, 1.82) is 0 Å². The Morgan fingerprint density at radius 2 is 0.979 bits per heavy atom. The van der Waals surface area contributed by atoms with E-state index in [1.54, 1.807) is 21.0 Å². The van der Waals surface area contributed by atoms with Crippen LogP contribution < -0.4 is 21.3 Å². The van der Waals surface area contributed by atoms with Gasteiger partial charge in [0, 0.05) is 33.0 Å². The average Bonchev–Trinajstić information content (AvgIpc) is 3.05. The van der Waals surface area contributed by atoms with Gasteiger partial charge in [-0.05, 0) is 86.2 Å². The lowest BCUT2D eigenvalue weighted by molar-refractivity contribution is -0.122. The summed E-state index contributed by atoms with van der Waals surface area (Å²) in [5.41, 5.74) is 0.333. The molecule has 15 nitrogen and oxygen atoms in total. The maximum absolute atomic E-state index is 12.4. The number of methoxy groups -OCH3 is 1. The van der Waals surface area contributed by atoms with E-state index in [4.69, 9.17) is 34.1 Å². The van der Waals surface area contributed by atoms with Crippen molar-refractivity contribution >= 4 is 23.2 Å². The van der Waals surface area contributed by atoms with Crippen molar-refractivity contribution in [2.24, 2.45) is 16.2 Å². The number of oxime groups is 2. The van der Waals surface area contributed by atoms with Crippen molar-refractivity contribution in [3.8, 4) is 0 Å². The number of hydrogen-bond acceptors (Lipinski definition) is 13. The average molecular weight is 691 g/mol. The van der Waals surface area contributed by atoms with Gasteiger partial charge in [-0.1, -0.05) is 10.3 Å². The van der Waals surface area contributed by atoms with Gasteiger partial charge in [-0.2, -0.15) is 0 Å². The molecular formula is C33H66N6O9. The number of nitrogens with zero attached hydrogens (tertiary/aromatic N) is 2. The first-order valence-corrected chi connectivity index (χ1v) is 17.1. The van der Waals surface area contributed by atoms with Gasteiger partial charge in [0.05, 0.1) is 82.0 Å². The van der Waals surface area contributed by atoms with Gasteiger partial charge in [0.15, 0.2) is 0 Å². The van der Waals surface area contributed by atoms with Crippen LogP contribution in [-0.4, -0.2) is 137 Å². The second-order valence-corrected chi connectivity index (χ2v) is 12.7. The van der Waals surface area contributed by atoms with E-state index >= 15 is 0 Å². The molecule has 2 amide bonds. The van der Waals surface area contributed by atoms with Crippen LogP contribution >= 0.6 is 0 Å². The largest absolute Gasteiger partial charge is 0.411 e. The zero-order valence-corrected chi connectivity index (χ0v) is 30.7. The van der Waals surface area contributed by atoms with Crippen molar-refractivity contribution in [2.75, 3.05) is 92.8 Å². The summed E-state index contributed by atoms with van der Waals surface area (Å²) in [4.78, 5) is 24.5. The molecule has 0 aromatic carbocycles. The molecule has 0 aliphatic rings. The van der Waals surface area contributed by atoms with Crippen LogP contribution in [0.4, 0.5) is 0 Å². The van der Waals surface area contributed by atoms with Crippen LogP contribution in [0.2, 0.25) is 0 Å². The SMILES string of the molecule is COCCOCCOCCOCCOCCNC(=O)CCCC(=O)NCCC(CCNC(C)(C)/C(C)=N\O)CCNC(C)(C)/C(C)=N\O. The highest BCUT2D eigenvalue weighted by molar-refractivity contribution is 5.90. The molecule has 282 valence electrons. The second kappa shape index (κ2) is 28.4. The summed E-state index contributed by atoms with van der Waals surface area (Å²) >= 11 is 0. The van der Waals surface area contributed by atoms with Gasteiger partial charge in [-0.25, -0.2) is 0 Å². The molecule has 0 aliphatic heterocycles. The summed E-state index contributed by atoms with van der Waals surface area (Å²) in [7, 11) is 1.63. The van der Waals surface area contributed by atoms with E-state index < -0.39 is 11.1 Å². The van der Waals surface area contributed by atoms with Crippen LogP contribution in [0.25, 0.3) is 0 Å². The van der Waals surface area contributed by atoms with E-state index in [9.17, 15) is 9.59 Å². The van der Waals surface area contributed by atoms with Gasteiger partial charge in [-0.3, -0.25) is 9.59 Å². The highest BCUT2D eigenvalue weighted by Crippen LogP contribution is 2.15.